The summed E-state index contributed by atoms with van der Waals surface area (Å²) in [5, 5.41) is 17.2. The smallest absolute Gasteiger partial charge is 0.308 e. The number of hydrogen-bond donors (Lipinski definition) is 6. The van der Waals surface area contributed by atoms with Crippen LogP contribution in [0.2, 0.25) is 0 Å². The minimum atomic E-state index is -1.24. The molecule has 0 aromatic heterocycles. The second-order valence-electron chi connectivity index (χ2n) is 13.4. The average Bonchev–Trinajstić information content (AvgIpc) is 3.02. The summed E-state index contributed by atoms with van der Waals surface area (Å²) >= 11 is 1.26. The minimum Gasteiger partial charge on any atom is -0.465 e. The highest BCUT2D eigenvalue weighted by molar-refractivity contribution is 7.99. The molecule has 49 heavy (non-hydrogen) atoms. The summed E-state index contributed by atoms with van der Waals surface area (Å²) in [4.78, 5) is 71.8. The van der Waals surface area contributed by atoms with Crippen LogP contribution in [-0.4, -0.2) is 121 Å². The normalized spacial score (nSPS) is 13.7. The number of primary amides is 1. The number of thioether (sulfide) groups is 1. The maximum Gasteiger partial charge on any atom is 0.308 e. The Hall–Kier alpha value is -2.99. The van der Waals surface area contributed by atoms with Crippen LogP contribution in [0, 0.1) is 11.8 Å². The van der Waals surface area contributed by atoms with Crippen LogP contribution in [0.4, 0.5) is 0 Å². The van der Waals surface area contributed by atoms with Crippen molar-refractivity contribution < 1.29 is 52.8 Å². The maximum atomic E-state index is 12.7. The molecule has 8 N–H and O–H groups in total. The number of ether oxygens (including phenoxy) is 4. The second kappa shape index (κ2) is 23.4. The van der Waals surface area contributed by atoms with Crippen molar-refractivity contribution >= 4 is 47.3 Å². The van der Waals surface area contributed by atoms with Gasteiger partial charge in [0, 0.05) is 30.9 Å². The summed E-state index contributed by atoms with van der Waals surface area (Å²) in [5.74, 6) is -3.15. The molecule has 0 fully saturated rings. The highest BCUT2D eigenvalue weighted by Gasteiger charge is 2.27. The van der Waals surface area contributed by atoms with Gasteiger partial charge in [0.2, 0.25) is 23.6 Å². The zero-order chi connectivity index (χ0) is 37.8. The summed E-state index contributed by atoms with van der Waals surface area (Å²) in [6.07, 6.45) is 0.260. The molecule has 16 nitrogen and oxygen atoms in total. The van der Waals surface area contributed by atoms with Gasteiger partial charge in [-0.2, -0.15) is 11.8 Å². The van der Waals surface area contributed by atoms with E-state index in [9.17, 15) is 33.9 Å². The van der Waals surface area contributed by atoms with E-state index in [1.54, 1.807) is 41.5 Å². The van der Waals surface area contributed by atoms with Crippen LogP contribution in [-0.2, 0) is 47.7 Å². The molecule has 284 valence electrons. The summed E-state index contributed by atoms with van der Waals surface area (Å²) < 4.78 is 22.5. The van der Waals surface area contributed by atoms with Crippen LogP contribution in [0.3, 0.4) is 0 Å². The van der Waals surface area contributed by atoms with Crippen molar-refractivity contribution in [3.8, 4) is 0 Å². The van der Waals surface area contributed by atoms with E-state index in [-0.39, 0.29) is 75.2 Å². The van der Waals surface area contributed by atoms with Crippen molar-refractivity contribution in [2.75, 3.05) is 51.0 Å². The molecule has 0 rings (SSSR count). The van der Waals surface area contributed by atoms with Crippen LogP contribution in [0.1, 0.15) is 74.7 Å². The Balaban J connectivity index is 4.66. The van der Waals surface area contributed by atoms with Gasteiger partial charge in [-0.15, -0.1) is 0 Å². The first-order valence-electron chi connectivity index (χ1n) is 16.4. The number of nitrogens with one attached hydrogen (secondary N) is 3. The third kappa shape index (κ3) is 22.4. The monoisotopic (exact) mass is 721 g/mol. The number of carbonyl (C=O) groups is 6. The first-order valence-corrected chi connectivity index (χ1v) is 17.6. The summed E-state index contributed by atoms with van der Waals surface area (Å²) in [6, 6.07) is -2.26. The third-order valence-electron chi connectivity index (χ3n) is 6.78. The van der Waals surface area contributed by atoms with E-state index < -0.39 is 59.7 Å². The number of rotatable bonds is 26. The zero-order valence-corrected chi connectivity index (χ0v) is 31.1. The molecule has 17 heteroatoms. The third-order valence-corrected chi connectivity index (χ3v) is 7.98. The standard InChI is InChI=1S/C32H59N5O11S/c1-20(2)29(43)45-13-10-22(48-30(44)21(3)4)17-49-18-23(33)27(41)37-24(16-38)28(42)35-12-14-46-32(7,8)19-47-31(5,6)11-9-26(40)36-15-25(34)39/h20-24,38H,9-19,33H2,1-8H3,(H2,34,39)(H,35,42)(H,36,40)(H,37,41)/t22-,23+,24+/m1/s1. The molecule has 0 saturated carbocycles. The number of nitrogens with two attached hydrogens (primary N) is 2. The quantitative estimate of drug-likeness (QED) is 0.0500. The van der Waals surface area contributed by atoms with Gasteiger partial charge in [0.25, 0.3) is 0 Å². The molecule has 0 spiro atoms. The molecule has 0 radical (unpaired) electrons. The van der Waals surface area contributed by atoms with Gasteiger partial charge in [-0.05, 0) is 34.1 Å². The lowest BCUT2D eigenvalue weighted by Gasteiger charge is -2.32. The Labute approximate surface area is 294 Å². The fourth-order valence-electron chi connectivity index (χ4n) is 3.61. The molecule has 0 aromatic carbocycles. The molecule has 0 aromatic rings. The minimum absolute atomic E-state index is 0.0744. The van der Waals surface area contributed by atoms with Crippen molar-refractivity contribution in [2.24, 2.45) is 23.3 Å². The molecule has 4 amide bonds. The average molecular weight is 722 g/mol. The van der Waals surface area contributed by atoms with Gasteiger partial charge >= 0.3 is 11.9 Å². The highest BCUT2D eigenvalue weighted by atomic mass is 32.2. The van der Waals surface area contributed by atoms with Crippen LogP contribution in [0.5, 0.6) is 0 Å². The molecular formula is C32H59N5O11S. The number of amides is 4. The van der Waals surface area contributed by atoms with E-state index in [0.717, 1.165) is 0 Å². The number of aliphatic hydroxyl groups excluding tert-OH is 1. The topological polar surface area (TPSA) is 248 Å². The van der Waals surface area contributed by atoms with Crippen molar-refractivity contribution in [3.05, 3.63) is 0 Å². The first-order chi connectivity index (χ1) is 22.7. The Kier molecular flexibility index (Phi) is 22.0. The van der Waals surface area contributed by atoms with Crippen molar-refractivity contribution in [1.82, 2.24) is 16.0 Å². The largest absolute Gasteiger partial charge is 0.465 e. The second-order valence-corrected chi connectivity index (χ2v) is 14.5. The van der Waals surface area contributed by atoms with Gasteiger partial charge < -0.3 is 51.5 Å². The summed E-state index contributed by atoms with van der Waals surface area (Å²) in [7, 11) is 0. The van der Waals surface area contributed by atoms with Crippen molar-refractivity contribution in [2.45, 2.75) is 104 Å². The molecular weight excluding hydrogens is 662 g/mol. The van der Waals surface area contributed by atoms with Gasteiger partial charge in [-0.25, -0.2) is 0 Å². The fraction of sp³-hybridized carbons (Fsp3) is 0.812. The van der Waals surface area contributed by atoms with E-state index >= 15 is 0 Å². The Morgan fingerprint density at radius 3 is 2.04 bits per heavy atom. The van der Waals surface area contributed by atoms with Gasteiger partial charge in [-0.3, -0.25) is 28.8 Å². The molecule has 0 heterocycles. The lowest BCUT2D eigenvalue weighted by molar-refractivity contribution is -0.154. The molecule has 0 aliphatic carbocycles. The highest BCUT2D eigenvalue weighted by Crippen LogP contribution is 2.21. The summed E-state index contributed by atoms with van der Waals surface area (Å²) in [5.41, 5.74) is 9.66. The lowest BCUT2D eigenvalue weighted by Crippen LogP contribution is -2.54. The SMILES string of the molecule is CC(C)C(=O)OCC[C@H](CSC[C@H](N)C(=O)N[C@@H](CO)C(=O)NCCOC(C)(C)COC(C)(C)CCC(=O)NCC(N)=O)OC(=O)C(C)C. The number of carbonyl (C=O) groups excluding carboxylic acids is 6. The predicted octanol–water partition coefficient (Wildman–Crippen LogP) is -0.231. The molecule has 0 unspecified atom stereocenters. The van der Waals surface area contributed by atoms with Gasteiger partial charge in [0.1, 0.15) is 12.1 Å². The van der Waals surface area contributed by atoms with E-state index in [1.807, 2.05) is 13.8 Å². The van der Waals surface area contributed by atoms with Crippen LogP contribution < -0.4 is 27.4 Å². The summed E-state index contributed by atoms with van der Waals surface area (Å²) in [6.45, 7) is 13.7. The fourth-order valence-corrected chi connectivity index (χ4v) is 4.64. The molecule has 3 atom stereocenters. The number of aliphatic hydroxyl groups is 1. The van der Waals surface area contributed by atoms with Crippen molar-refractivity contribution in [3.63, 3.8) is 0 Å². The molecule has 0 aliphatic rings. The number of esters is 2. The van der Waals surface area contributed by atoms with Gasteiger partial charge in [0.05, 0.1) is 62.1 Å². The van der Waals surface area contributed by atoms with Gasteiger partial charge in [0.15, 0.2) is 0 Å². The molecule has 0 saturated heterocycles. The predicted molar refractivity (Wildman–Crippen MR) is 184 cm³/mol. The molecule has 0 aliphatic heterocycles. The zero-order valence-electron chi connectivity index (χ0n) is 30.3. The number of hydrogen-bond acceptors (Lipinski definition) is 13. The Morgan fingerprint density at radius 1 is 0.837 bits per heavy atom. The van der Waals surface area contributed by atoms with Crippen LogP contribution >= 0.6 is 11.8 Å². The van der Waals surface area contributed by atoms with E-state index in [1.165, 1.54) is 11.8 Å². The molecule has 0 bridgehead atoms. The van der Waals surface area contributed by atoms with E-state index in [2.05, 4.69) is 16.0 Å². The van der Waals surface area contributed by atoms with Crippen LogP contribution in [0.25, 0.3) is 0 Å². The van der Waals surface area contributed by atoms with E-state index in [0.29, 0.717) is 12.2 Å². The maximum absolute atomic E-state index is 12.7. The van der Waals surface area contributed by atoms with Crippen LogP contribution in [0.15, 0.2) is 0 Å². The van der Waals surface area contributed by atoms with Crippen molar-refractivity contribution in [1.29, 1.82) is 0 Å². The first kappa shape index (κ1) is 46.0. The van der Waals surface area contributed by atoms with E-state index in [4.69, 9.17) is 30.4 Å². The Morgan fingerprint density at radius 2 is 1.47 bits per heavy atom. The Bertz CT molecular complexity index is 1070. The van der Waals surface area contributed by atoms with Gasteiger partial charge in [-0.1, -0.05) is 27.7 Å². The lowest BCUT2D eigenvalue weighted by atomic mass is 10.0.